The second-order valence-electron chi connectivity index (χ2n) is 2.47. The lowest BCUT2D eigenvalue weighted by atomic mass is 10.2. The number of rotatable bonds is 3. The third-order valence-corrected chi connectivity index (χ3v) is 2.28. The summed E-state index contributed by atoms with van der Waals surface area (Å²) in [6.45, 7) is 4.52. The zero-order valence-corrected chi connectivity index (χ0v) is 8.10. The molecule has 0 aliphatic rings. The van der Waals surface area contributed by atoms with Crippen molar-refractivity contribution in [2.45, 2.75) is 13.8 Å². The highest BCUT2D eigenvalue weighted by atomic mass is 31.1. The zero-order chi connectivity index (χ0) is 8.97. The zero-order valence-electron chi connectivity index (χ0n) is 7.20. The van der Waals surface area contributed by atoms with E-state index in [0.717, 1.165) is 16.6 Å². The minimum absolute atomic E-state index is 0.0692. The fourth-order valence-corrected chi connectivity index (χ4v) is 1.33. The van der Waals surface area contributed by atoms with Crippen molar-refractivity contribution < 1.29 is 9.30 Å². The molecule has 0 atom stereocenters. The first-order valence-corrected chi connectivity index (χ1v) is 4.66. The van der Waals surface area contributed by atoms with Crippen molar-refractivity contribution in [1.29, 1.82) is 0 Å². The maximum Gasteiger partial charge on any atom is 0.192 e. The summed E-state index contributed by atoms with van der Waals surface area (Å²) in [5, 5.41) is 0.818. The van der Waals surface area contributed by atoms with Gasteiger partial charge in [0, 0.05) is 5.30 Å². The van der Waals surface area contributed by atoms with E-state index in [4.69, 9.17) is 4.74 Å². The Bertz CT molecular complexity index is 284. The smallest absolute Gasteiger partial charge is 0.192 e. The van der Waals surface area contributed by atoms with Crippen molar-refractivity contribution in [3.63, 3.8) is 0 Å². The molecule has 0 aliphatic heterocycles. The Morgan fingerprint density at radius 2 is 2.25 bits per heavy atom. The molecule has 1 aromatic rings. The fraction of sp³-hybridized carbons (Fsp3) is 0.333. The molecule has 0 aromatic heterocycles. The van der Waals surface area contributed by atoms with Crippen LogP contribution in [0, 0.1) is 6.92 Å². The van der Waals surface area contributed by atoms with Gasteiger partial charge in [-0.1, -0.05) is 0 Å². The summed E-state index contributed by atoms with van der Waals surface area (Å²) in [4.78, 5) is 0. The Morgan fingerprint density at radius 1 is 1.50 bits per heavy atom. The minimum atomic E-state index is 0.0692. The molecule has 0 saturated heterocycles. The van der Waals surface area contributed by atoms with Crippen LogP contribution in [0.5, 0.6) is 5.75 Å². The van der Waals surface area contributed by atoms with E-state index in [2.05, 4.69) is 0 Å². The maximum atomic E-state index is 10.6. The first-order chi connectivity index (χ1) is 5.77. The van der Waals surface area contributed by atoms with Gasteiger partial charge in [-0.05, 0) is 37.6 Å². The summed E-state index contributed by atoms with van der Waals surface area (Å²) in [5.41, 5.74) is 0.998. The van der Waals surface area contributed by atoms with E-state index in [1.54, 1.807) is 0 Å². The van der Waals surface area contributed by atoms with Gasteiger partial charge in [0.25, 0.3) is 0 Å². The average molecular weight is 182 g/mol. The summed E-state index contributed by atoms with van der Waals surface area (Å²) in [6, 6.07) is 5.54. The molecule has 0 saturated carbocycles. The van der Waals surface area contributed by atoms with E-state index in [-0.39, 0.29) is 8.46 Å². The third-order valence-electron chi connectivity index (χ3n) is 1.58. The number of hydrogen-bond donors (Lipinski definition) is 0. The quantitative estimate of drug-likeness (QED) is 0.670. The Kier molecular flexibility index (Phi) is 3.24. The summed E-state index contributed by atoms with van der Waals surface area (Å²) >= 11 is 0. The van der Waals surface area contributed by atoms with E-state index in [0.29, 0.717) is 6.61 Å². The molecule has 0 N–H and O–H groups in total. The SMILES string of the molecule is CCOc1ccc(P=O)c(C)c1. The van der Waals surface area contributed by atoms with E-state index in [1.807, 2.05) is 32.0 Å². The molecule has 64 valence electrons. The summed E-state index contributed by atoms with van der Waals surface area (Å²) in [6.07, 6.45) is 0. The van der Waals surface area contributed by atoms with Crippen LogP contribution < -0.4 is 10.0 Å². The second kappa shape index (κ2) is 4.22. The van der Waals surface area contributed by atoms with Gasteiger partial charge in [-0.3, -0.25) is 4.57 Å². The van der Waals surface area contributed by atoms with E-state index in [1.165, 1.54) is 0 Å². The maximum absolute atomic E-state index is 10.6. The third kappa shape index (κ3) is 2.05. The Morgan fingerprint density at radius 3 is 2.75 bits per heavy atom. The van der Waals surface area contributed by atoms with Gasteiger partial charge < -0.3 is 4.74 Å². The number of aryl methyl sites for hydroxylation is 1. The normalized spacial score (nSPS) is 10.2. The molecule has 3 heteroatoms. The van der Waals surface area contributed by atoms with Crippen molar-refractivity contribution in [3.05, 3.63) is 23.8 Å². The van der Waals surface area contributed by atoms with Crippen LogP contribution >= 0.6 is 8.46 Å². The predicted octanol–water partition coefficient (Wildman–Crippen LogP) is 2.31. The van der Waals surface area contributed by atoms with Crippen LogP contribution in [0.1, 0.15) is 12.5 Å². The Hall–Kier alpha value is -0.880. The molecule has 0 radical (unpaired) electrons. The van der Waals surface area contributed by atoms with Crippen molar-refractivity contribution in [2.24, 2.45) is 0 Å². The van der Waals surface area contributed by atoms with Crippen molar-refractivity contribution in [2.75, 3.05) is 6.61 Å². The molecule has 0 unspecified atom stereocenters. The van der Waals surface area contributed by atoms with Gasteiger partial charge in [0.05, 0.1) is 6.61 Å². The van der Waals surface area contributed by atoms with Gasteiger partial charge in [-0.2, -0.15) is 0 Å². The second-order valence-corrected chi connectivity index (χ2v) is 3.14. The number of benzene rings is 1. The van der Waals surface area contributed by atoms with Crippen LogP contribution in [0.15, 0.2) is 18.2 Å². The van der Waals surface area contributed by atoms with Crippen LogP contribution in [0.25, 0.3) is 0 Å². The molecule has 0 amide bonds. The Balaban J connectivity index is 2.93. The molecule has 0 heterocycles. The molecule has 2 nitrogen and oxygen atoms in total. The molecule has 0 fully saturated rings. The van der Waals surface area contributed by atoms with Crippen LogP contribution in [0.4, 0.5) is 0 Å². The molecule has 0 spiro atoms. The fourth-order valence-electron chi connectivity index (χ4n) is 0.987. The van der Waals surface area contributed by atoms with Crippen LogP contribution in [-0.4, -0.2) is 6.61 Å². The van der Waals surface area contributed by atoms with E-state index >= 15 is 0 Å². The number of hydrogen-bond acceptors (Lipinski definition) is 2. The molecule has 12 heavy (non-hydrogen) atoms. The lowest BCUT2D eigenvalue weighted by molar-refractivity contribution is 0.340. The van der Waals surface area contributed by atoms with Gasteiger partial charge in [0.2, 0.25) is 0 Å². The molecule has 0 aliphatic carbocycles. The lowest BCUT2D eigenvalue weighted by Crippen LogP contribution is -1.99. The molecular formula is C9H11O2P. The van der Waals surface area contributed by atoms with E-state index in [9.17, 15) is 4.57 Å². The highest BCUT2D eigenvalue weighted by Crippen LogP contribution is 2.13. The predicted molar refractivity (Wildman–Crippen MR) is 49.6 cm³/mol. The number of ether oxygens (including phenoxy) is 1. The van der Waals surface area contributed by atoms with Crippen LogP contribution in [-0.2, 0) is 4.57 Å². The highest BCUT2D eigenvalue weighted by Gasteiger charge is 1.99. The molecule has 1 aromatic carbocycles. The van der Waals surface area contributed by atoms with Gasteiger partial charge >= 0.3 is 0 Å². The van der Waals surface area contributed by atoms with Crippen LogP contribution in [0.2, 0.25) is 0 Å². The van der Waals surface area contributed by atoms with Gasteiger partial charge in [0.15, 0.2) is 8.46 Å². The monoisotopic (exact) mass is 182 g/mol. The van der Waals surface area contributed by atoms with Gasteiger partial charge in [0.1, 0.15) is 5.75 Å². The van der Waals surface area contributed by atoms with Gasteiger partial charge in [-0.25, -0.2) is 0 Å². The first-order valence-electron chi connectivity index (χ1n) is 3.84. The summed E-state index contributed by atoms with van der Waals surface area (Å²) in [7, 11) is 0.0692. The van der Waals surface area contributed by atoms with Crippen molar-refractivity contribution >= 4 is 13.8 Å². The van der Waals surface area contributed by atoms with E-state index < -0.39 is 0 Å². The summed E-state index contributed by atoms with van der Waals surface area (Å²) < 4.78 is 15.8. The van der Waals surface area contributed by atoms with Crippen molar-refractivity contribution in [3.8, 4) is 5.75 Å². The summed E-state index contributed by atoms with van der Waals surface area (Å²) in [5.74, 6) is 0.836. The molecule has 0 bridgehead atoms. The molecule has 1 rings (SSSR count). The first kappa shape index (κ1) is 9.21. The van der Waals surface area contributed by atoms with Gasteiger partial charge in [-0.15, -0.1) is 0 Å². The lowest BCUT2D eigenvalue weighted by Gasteiger charge is -2.03. The molecular weight excluding hydrogens is 171 g/mol. The largest absolute Gasteiger partial charge is 0.494 e. The minimum Gasteiger partial charge on any atom is -0.494 e. The average Bonchev–Trinajstić information content (AvgIpc) is 2.05. The Labute approximate surface area is 73.8 Å². The topological polar surface area (TPSA) is 26.3 Å². The van der Waals surface area contributed by atoms with Crippen LogP contribution in [0.3, 0.4) is 0 Å². The van der Waals surface area contributed by atoms with Crippen molar-refractivity contribution in [1.82, 2.24) is 0 Å². The highest BCUT2D eigenvalue weighted by molar-refractivity contribution is 7.34. The standard InChI is InChI=1S/C9H11O2P/c1-3-11-8-4-5-9(12-10)7(2)6-8/h4-6H,3H2,1-2H3.